The van der Waals surface area contributed by atoms with Crippen molar-refractivity contribution in [2.75, 3.05) is 0 Å². The summed E-state index contributed by atoms with van der Waals surface area (Å²) in [6, 6.07) is 9.52. The van der Waals surface area contributed by atoms with Crippen LogP contribution >= 0.6 is 27.7 Å². The van der Waals surface area contributed by atoms with Crippen LogP contribution in [0, 0.1) is 6.92 Å². The summed E-state index contributed by atoms with van der Waals surface area (Å²) >= 11 is 5.01. The van der Waals surface area contributed by atoms with Gasteiger partial charge in [0.1, 0.15) is 17.1 Å². The molecule has 0 saturated carbocycles. The zero-order chi connectivity index (χ0) is 13.1. The molecule has 0 amide bonds. The van der Waals surface area contributed by atoms with Crippen LogP contribution in [0.5, 0.6) is 0 Å². The van der Waals surface area contributed by atoms with Gasteiger partial charge in [0.2, 0.25) is 0 Å². The third-order valence-corrected chi connectivity index (χ3v) is 3.89. The highest BCUT2D eigenvalue weighted by Gasteiger charge is 2.13. The van der Waals surface area contributed by atoms with Gasteiger partial charge in [-0.05, 0) is 31.2 Å². The Balaban J connectivity index is 2.06. The van der Waals surface area contributed by atoms with Crippen LogP contribution in [0.25, 0.3) is 0 Å². The van der Waals surface area contributed by atoms with Gasteiger partial charge in [-0.25, -0.2) is 4.79 Å². The molecule has 0 aliphatic carbocycles. The number of rotatable bonds is 4. The lowest BCUT2D eigenvalue weighted by Gasteiger charge is -1.99. The molecule has 0 unspecified atom stereocenters. The number of carbonyl (C=O) groups is 1. The summed E-state index contributed by atoms with van der Waals surface area (Å²) in [4.78, 5) is 12.0. The third-order valence-electron chi connectivity index (χ3n) is 2.38. The van der Waals surface area contributed by atoms with E-state index in [1.54, 1.807) is 24.8 Å². The predicted octanol–water partition coefficient (Wildman–Crippen LogP) is 4.34. The molecule has 0 saturated heterocycles. The molecule has 0 bridgehead atoms. The highest BCUT2D eigenvalue weighted by Crippen LogP contribution is 2.27. The van der Waals surface area contributed by atoms with Crippen molar-refractivity contribution in [2.24, 2.45) is 0 Å². The summed E-state index contributed by atoms with van der Waals surface area (Å²) < 4.78 is 6.44. The van der Waals surface area contributed by atoms with Gasteiger partial charge < -0.3 is 9.52 Å². The first kappa shape index (κ1) is 13.2. The number of aromatic carboxylic acids is 1. The smallest absolute Gasteiger partial charge is 0.339 e. The second-order valence-corrected chi connectivity index (χ2v) is 5.70. The lowest BCUT2D eigenvalue weighted by molar-refractivity contribution is 0.0695. The molecule has 94 valence electrons. The van der Waals surface area contributed by atoms with Gasteiger partial charge in [0.05, 0.1) is 5.75 Å². The van der Waals surface area contributed by atoms with Crippen molar-refractivity contribution in [1.29, 1.82) is 0 Å². The molecule has 0 aliphatic heterocycles. The van der Waals surface area contributed by atoms with Crippen molar-refractivity contribution in [3.05, 3.63) is 51.9 Å². The highest BCUT2D eigenvalue weighted by molar-refractivity contribution is 9.10. The Hall–Kier alpha value is -1.20. The quantitative estimate of drug-likeness (QED) is 0.849. The van der Waals surface area contributed by atoms with Gasteiger partial charge in [0.25, 0.3) is 0 Å². The molecule has 3 nitrogen and oxygen atoms in total. The number of thioether (sulfide) groups is 1. The number of benzene rings is 1. The standard InChI is InChI=1S/C13H11BrO3S/c1-8-12(13(15)16)6-10(17-8)7-18-11-4-2-3-9(14)5-11/h2-6H,7H2,1H3,(H,15,16). The second-order valence-electron chi connectivity index (χ2n) is 3.73. The van der Waals surface area contributed by atoms with E-state index >= 15 is 0 Å². The molecule has 1 N–H and O–H groups in total. The summed E-state index contributed by atoms with van der Waals surface area (Å²) in [7, 11) is 0. The van der Waals surface area contributed by atoms with Gasteiger partial charge in [-0.3, -0.25) is 0 Å². The summed E-state index contributed by atoms with van der Waals surface area (Å²) in [5.41, 5.74) is 0.236. The number of carboxylic acid groups (broad SMARTS) is 1. The normalized spacial score (nSPS) is 10.6. The predicted molar refractivity (Wildman–Crippen MR) is 74.1 cm³/mol. The van der Waals surface area contributed by atoms with Crippen LogP contribution in [0.15, 0.2) is 44.1 Å². The molecule has 2 aromatic rings. The molecule has 2 rings (SSSR count). The Bertz CT molecular complexity index is 577. The van der Waals surface area contributed by atoms with Crippen molar-refractivity contribution in [3.8, 4) is 0 Å². The Kier molecular flexibility index (Phi) is 4.14. The van der Waals surface area contributed by atoms with Gasteiger partial charge >= 0.3 is 5.97 Å². The van der Waals surface area contributed by atoms with Crippen LogP contribution in [0.3, 0.4) is 0 Å². The fraction of sp³-hybridized carbons (Fsp3) is 0.154. The lowest BCUT2D eigenvalue weighted by Crippen LogP contribution is -1.94. The van der Waals surface area contributed by atoms with E-state index in [4.69, 9.17) is 9.52 Å². The average molecular weight is 327 g/mol. The Labute approximate surface area is 117 Å². The molecular weight excluding hydrogens is 316 g/mol. The molecule has 1 heterocycles. The third kappa shape index (κ3) is 3.17. The lowest BCUT2D eigenvalue weighted by atomic mass is 10.2. The van der Waals surface area contributed by atoms with E-state index in [2.05, 4.69) is 15.9 Å². The van der Waals surface area contributed by atoms with E-state index < -0.39 is 5.97 Å². The van der Waals surface area contributed by atoms with Crippen molar-refractivity contribution in [3.63, 3.8) is 0 Å². The van der Waals surface area contributed by atoms with E-state index in [-0.39, 0.29) is 5.56 Å². The summed E-state index contributed by atoms with van der Waals surface area (Å²) in [5.74, 6) is 0.794. The minimum absolute atomic E-state index is 0.236. The SMILES string of the molecule is Cc1oc(CSc2cccc(Br)c2)cc1C(=O)O. The molecule has 0 fully saturated rings. The average Bonchev–Trinajstić information content (AvgIpc) is 2.68. The Morgan fingerprint density at radius 3 is 2.83 bits per heavy atom. The molecule has 0 atom stereocenters. The van der Waals surface area contributed by atoms with Crippen LogP contribution in [-0.2, 0) is 5.75 Å². The zero-order valence-electron chi connectivity index (χ0n) is 9.64. The molecule has 0 aliphatic rings. The van der Waals surface area contributed by atoms with E-state index in [0.29, 0.717) is 17.3 Å². The van der Waals surface area contributed by atoms with Gasteiger partial charge in [-0.15, -0.1) is 11.8 Å². The van der Waals surface area contributed by atoms with Crippen molar-refractivity contribution < 1.29 is 14.3 Å². The van der Waals surface area contributed by atoms with Crippen LogP contribution in [0.2, 0.25) is 0 Å². The monoisotopic (exact) mass is 326 g/mol. The van der Waals surface area contributed by atoms with E-state index in [9.17, 15) is 4.79 Å². The first-order valence-electron chi connectivity index (χ1n) is 5.27. The maximum Gasteiger partial charge on any atom is 0.339 e. The Morgan fingerprint density at radius 2 is 2.22 bits per heavy atom. The minimum atomic E-state index is -0.949. The van der Waals surface area contributed by atoms with Gasteiger partial charge in [-0.1, -0.05) is 22.0 Å². The molecule has 5 heteroatoms. The molecular formula is C13H11BrO3S. The fourth-order valence-electron chi connectivity index (χ4n) is 1.54. The maximum atomic E-state index is 10.9. The molecule has 0 radical (unpaired) electrons. The minimum Gasteiger partial charge on any atom is -0.478 e. The van der Waals surface area contributed by atoms with E-state index in [0.717, 1.165) is 9.37 Å². The van der Waals surface area contributed by atoms with Crippen LogP contribution in [0.1, 0.15) is 21.9 Å². The van der Waals surface area contributed by atoms with Gasteiger partial charge in [0.15, 0.2) is 0 Å². The van der Waals surface area contributed by atoms with Crippen molar-refractivity contribution in [1.82, 2.24) is 0 Å². The largest absolute Gasteiger partial charge is 0.478 e. The number of carboxylic acids is 1. The topological polar surface area (TPSA) is 50.4 Å². The molecule has 1 aromatic carbocycles. The maximum absolute atomic E-state index is 10.9. The zero-order valence-corrected chi connectivity index (χ0v) is 12.0. The second kappa shape index (κ2) is 5.63. The number of hydrogen-bond acceptors (Lipinski definition) is 3. The summed E-state index contributed by atoms with van der Waals surface area (Å²) in [6.07, 6.45) is 0. The summed E-state index contributed by atoms with van der Waals surface area (Å²) in [5, 5.41) is 8.93. The number of furan rings is 1. The summed E-state index contributed by atoms with van der Waals surface area (Å²) in [6.45, 7) is 1.66. The van der Waals surface area contributed by atoms with Crippen molar-refractivity contribution in [2.45, 2.75) is 17.6 Å². The number of aryl methyl sites for hydroxylation is 1. The Morgan fingerprint density at radius 1 is 1.44 bits per heavy atom. The van der Waals surface area contributed by atoms with E-state index in [1.165, 1.54) is 0 Å². The molecule has 18 heavy (non-hydrogen) atoms. The van der Waals surface area contributed by atoms with E-state index in [1.807, 2.05) is 24.3 Å². The van der Waals surface area contributed by atoms with Crippen LogP contribution < -0.4 is 0 Å². The highest BCUT2D eigenvalue weighted by atomic mass is 79.9. The van der Waals surface area contributed by atoms with Crippen molar-refractivity contribution >= 4 is 33.7 Å². The van der Waals surface area contributed by atoms with Gasteiger partial charge in [0, 0.05) is 9.37 Å². The number of hydrogen-bond donors (Lipinski definition) is 1. The molecule has 0 spiro atoms. The fourth-order valence-corrected chi connectivity index (χ4v) is 2.93. The van der Waals surface area contributed by atoms with Gasteiger partial charge in [-0.2, -0.15) is 0 Å². The first-order valence-corrected chi connectivity index (χ1v) is 7.05. The number of halogens is 1. The van der Waals surface area contributed by atoms with Crippen LogP contribution in [-0.4, -0.2) is 11.1 Å². The molecule has 1 aromatic heterocycles. The first-order chi connectivity index (χ1) is 8.56. The van der Waals surface area contributed by atoms with Crippen LogP contribution in [0.4, 0.5) is 0 Å².